The highest BCUT2D eigenvalue weighted by molar-refractivity contribution is 7.88. The van der Waals surface area contributed by atoms with Crippen molar-refractivity contribution in [3.05, 3.63) is 64.7 Å². The normalized spacial score (nSPS) is 12.9. The molecule has 0 heterocycles. The van der Waals surface area contributed by atoms with Gasteiger partial charge in [0.1, 0.15) is 5.75 Å². The van der Waals surface area contributed by atoms with Crippen molar-refractivity contribution in [2.75, 3.05) is 0 Å². The van der Waals surface area contributed by atoms with Gasteiger partial charge in [0.2, 0.25) is 0 Å². The maximum atomic E-state index is 12.6. The molecule has 2 aromatic rings. The van der Waals surface area contributed by atoms with Gasteiger partial charge in [-0.25, -0.2) is 0 Å². The van der Waals surface area contributed by atoms with Crippen molar-refractivity contribution in [2.24, 2.45) is 0 Å². The minimum atomic E-state index is -5.69. The monoisotopic (exact) mass is 400 g/mol. The molecule has 0 saturated carbocycles. The van der Waals surface area contributed by atoms with Crippen LogP contribution in [-0.2, 0) is 15.5 Å². The molecule has 7 heteroatoms. The summed E-state index contributed by atoms with van der Waals surface area (Å²) >= 11 is 0. The van der Waals surface area contributed by atoms with Gasteiger partial charge in [-0.3, -0.25) is 0 Å². The number of aryl methyl sites for hydroxylation is 2. The van der Waals surface area contributed by atoms with Crippen LogP contribution in [0.15, 0.2) is 42.5 Å². The van der Waals surface area contributed by atoms with Crippen LogP contribution in [0.1, 0.15) is 48.9 Å². The smallest absolute Gasteiger partial charge is 0.376 e. The number of rotatable bonds is 6. The lowest BCUT2D eigenvalue weighted by atomic mass is 9.70. The Hall–Kier alpha value is -2.02. The van der Waals surface area contributed by atoms with Crippen LogP contribution in [0, 0.1) is 13.8 Å². The molecular weight excluding hydrogens is 377 g/mol. The zero-order valence-electron chi connectivity index (χ0n) is 15.7. The summed E-state index contributed by atoms with van der Waals surface area (Å²) in [6.07, 6.45) is 1.57. The Bertz CT molecular complexity index is 914. The molecule has 0 fully saturated rings. The molecule has 2 rings (SSSR count). The topological polar surface area (TPSA) is 43.4 Å². The fraction of sp³-hybridized carbons (Fsp3) is 0.400. The zero-order chi connectivity index (χ0) is 20.5. The van der Waals surface area contributed by atoms with E-state index in [1.54, 1.807) is 12.1 Å². The van der Waals surface area contributed by atoms with Crippen LogP contribution >= 0.6 is 0 Å². The van der Waals surface area contributed by atoms with E-state index in [0.29, 0.717) is 5.56 Å². The molecule has 0 aliphatic rings. The number of halogens is 3. The summed E-state index contributed by atoms with van der Waals surface area (Å²) in [6, 6.07) is 12.8. The van der Waals surface area contributed by atoms with E-state index in [2.05, 4.69) is 24.1 Å². The number of hydrogen-bond donors (Lipinski definition) is 0. The maximum Gasteiger partial charge on any atom is 0.534 e. The van der Waals surface area contributed by atoms with Crippen molar-refractivity contribution >= 4 is 10.1 Å². The van der Waals surface area contributed by atoms with Crippen molar-refractivity contribution in [2.45, 2.75) is 51.5 Å². The summed E-state index contributed by atoms with van der Waals surface area (Å²) in [5.41, 5.74) is -2.31. The van der Waals surface area contributed by atoms with Gasteiger partial charge in [-0.1, -0.05) is 55.8 Å². The Morgan fingerprint density at radius 2 is 1.52 bits per heavy atom. The van der Waals surface area contributed by atoms with Crippen LogP contribution in [-0.4, -0.2) is 13.9 Å². The predicted octanol–water partition coefficient (Wildman–Crippen LogP) is 5.64. The summed E-state index contributed by atoms with van der Waals surface area (Å²) in [7, 11) is -5.69. The summed E-state index contributed by atoms with van der Waals surface area (Å²) in [6.45, 7) is 7.65. The molecule has 148 valence electrons. The third kappa shape index (κ3) is 4.13. The fourth-order valence-corrected chi connectivity index (χ4v) is 3.90. The lowest BCUT2D eigenvalue weighted by Crippen LogP contribution is -2.29. The predicted molar refractivity (Wildman–Crippen MR) is 99.3 cm³/mol. The molecule has 0 bridgehead atoms. The molecule has 0 unspecified atom stereocenters. The van der Waals surface area contributed by atoms with Crippen molar-refractivity contribution in [1.29, 1.82) is 0 Å². The van der Waals surface area contributed by atoms with Gasteiger partial charge in [0, 0.05) is 5.41 Å². The minimum Gasteiger partial charge on any atom is -0.376 e. The molecule has 0 aromatic heterocycles. The van der Waals surface area contributed by atoms with Gasteiger partial charge in [0.05, 0.1) is 0 Å². The van der Waals surface area contributed by atoms with Crippen LogP contribution in [0.25, 0.3) is 0 Å². The molecule has 0 amide bonds. The lowest BCUT2D eigenvalue weighted by Gasteiger charge is -2.34. The second-order valence-corrected chi connectivity index (χ2v) is 8.16. The van der Waals surface area contributed by atoms with Gasteiger partial charge in [0.15, 0.2) is 0 Å². The number of alkyl halides is 3. The van der Waals surface area contributed by atoms with Crippen molar-refractivity contribution in [3.63, 3.8) is 0 Å². The van der Waals surface area contributed by atoms with Gasteiger partial charge in [-0.15, -0.1) is 0 Å². The molecule has 0 N–H and O–H groups in total. The van der Waals surface area contributed by atoms with E-state index in [1.165, 1.54) is 13.0 Å². The number of hydrogen-bond acceptors (Lipinski definition) is 3. The highest BCUT2D eigenvalue weighted by Gasteiger charge is 2.48. The second kappa shape index (κ2) is 7.54. The van der Waals surface area contributed by atoms with E-state index in [1.807, 2.05) is 25.1 Å². The van der Waals surface area contributed by atoms with E-state index in [-0.39, 0.29) is 11.2 Å². The third-order valence-corrected chi connectivity index (χ3v) is 5.95. The molecule has 3 nitrogen and oxygen atoms in total. The molecule has 0 atom stereocenters. The average molecular weight is 400 g/mol. The Kier molecular flexibility index (Phi) is 5.94. The molecular formula is C20H23F3O3S. The van der Waals surface area contributed by atoms with Crippen LogP contribution in [0.4, 0.5) is 13.2 Å². The highest BCUT2D eigenvalue weighted by atomic mass is 32.2. The summed E-state index contributed by atoms with van der Waals surface area (Å²) in [5.74, 6) is -0.318. The van der Waals surface area contributed by atoms with E-state index in [9.17, 15) is 21.6 Å². The first-order chi connectivity index (χ1) is 12.5. The first-order valence-electron chi connectivity index (χ1n) is 8.66. The molecule has 2 aromatic carbocycles. The van der Waals surface area contributed by atoms with Gasteiger partial charge in [0.25, 0.3) is 0 Å². The molecule has 0 aliphatic heterocycles. The SMILES string of the molecule is CCC(CC)(c1cccc(C)c1)c1ccc(OS(=O)(=O)C(F)(F)F)c(C)c1. The van der Waals surface area contributed by atoms with Crippen LogP contribution in [0.5, 0.6) is 5.75 Å². The largest absolute Gasteiger partial charge is 0.534 e. The van der Waals surface area contributed by atoms with Gasteiger partial charge >= 0.3 is 15.6 Å². The first-order valence-corrected chi connectivity index (χ1v) is 10.1. The summed E-state index contributed by atoms with van der Waals surface area (Å²) in [5, 5.41) is 0. The van der Waals surface area contributed by atoms with E-state index in [4.69, 9.17) is 0 Å². The number of benzene rings is 2. The van der Waals surface area contributed by atoms with Crippen molar-refractivity contribution in [1.82, 2.24) is 0 Å². The minimum absolute atomic E-state index is 0.318. The Labute approximate surface area is 158 Å². The third-order valence-electron chi connectivity index (χ3n) is 4.99. The molecule has 0 radical (unpaired) electrons. The Balaban J connectivity index is 2.51. The average Bonchev–Trinajstić information content (AvgIpc) is 2.58. The highest BCUT2D eigenvalue weighted by Crippen LogP contribution is 2.41. The van der Waals surface area contributed by atoms with E-state index in [0.717, 1.165) is 29.5 Å². The standard InChI is InChI=1S/C20H23F3O3S/c1-5-19(6-2,16-9-7-8-14(3)12-16)17-10-11-18(15(4)13-17)26-27(24,25)20(21,22)23/h7-13H,5-6H2,1-4H3. The first kappa shape index (κ1) is 21.3. The van der Waals surface area contributed by atoms with Gasteiger partial charge < -0.3 is 4.18 Å². The van der Waals surface area contributed by atoms with Crippen molar-refractivity contribution < 1.29 is 25.8 Å². The Morgan fingerprint density at radius 1 is 0.926 bits per heavy atom. The maximum absolute atomic E-state index is 12.6. The lowest BCUT2D eigenvalue weighted by molar-refractivity contribution is -0.0500. The van der Waals surface area contributed by atoms with Crippen LogP contribution in [0.2, 0.25) is 0 Å². The van der Waals surface area contributed by atoms with Crippen molar-refractivity contribution in [3.8, 4) is 5.75 Å². The molecule has 27 heavy (non-hydrogen) atoms. The molecule has 0 saturated heterocycles. The van der Waals surface area contributed by atoms with Crippen LogP contribution < -0.4 is 4.18 Å². The van der Waals surface area contributed by atoms with E-state index >= 15 is 0 Å². The molecule has 0 aliphatic carbocycles. The quantitative estimate of drug-likeness (QED) is 0.466. The van der Waals surface area contributed by atoms with Crippen LogP contribution in [0.3, 0.4) is 0 Å². The summed E-state index contributed by atoms with van der Waals surface area (Å²) < 4.78 is 64.6. The fourth-order valence-electron chi connectivity index (χ4n) is 3.38. The molecule has 0 spiro atoms. The second-order valence-electron chi connectivity index (χ2n) is 6.62. The van der Waals surface area contributed by atoms with Gasteiger partial charge in [-0.05, 0) is 49.4 Å². The Morgan fingerprint density at radius 3 is 2.00 bits per heavy atom. The van der Waals surface area contributed by atoms with Gasteiger partial charge in [-0.2, -0.15) is 21.6 Å². The zero-order valence-corrected chi connectivity index (χ0v) is 16.5. The van der Waals surface area contributed by atoms with E-state index < -0.39 is 15.6 Å². The summed E-state index contributed by atoms with van der Waals surface area (Å²) in [4.78, 5) is 0.